The molecule has 198 valence electrons. The number of ether oxygens (including phenoxy) is 2. The van der Waals surface area contributed by atoms with Crippen LogP contribution >= 0.6 is 23.1 Å². The molecule has 0 bridgehead atoms. The van der Waals surface area contributed by atoms with E-state index in [9.17, 15) is 10.5 Å². The van der Waals surface area contributed by atoms with Gasteiger partial charge < -0.3 is 19.6 Å². The molecule has 0 radical (unpaired) electrons. The Balaban J connectivity index is 1.38. The summed E-state index contributed by atoms with van der Waals surface area (Å²) < 4.78 is 17.4. The Bertz CT molecular complexity index is 1560. The molecule has 4 aromatic rings. The van der Waals surface area contributed by atoms with E-state index in [0.717, 1.165) is 35.2 Å². The third-order valence-corrected chi connectivity index (χ3v) is 8.16. The van der Waals surface area contributed by atoms with E-state index >= 15 is 0 Å². The van der Waals surface area contributed by atoms with E-state index in [0.29, 0.717) is 40.2 Å². The molecule has 0 amide bonds. The van der Waals surface area contributed by atoms with Crippen LogP contribution in [0.4, 0.5) is 5.82 Å². The van der Waals surface area contributed by atoms with Gasteiger partial charge in [-0.05, 0) is 56.2 Å². The van der Waals surface area contributed by atoms with Gasteiger partial charge in [0.2, 0.25) is 5.89 Å². The van der Waals surface area contributed by atoms with Crippen LogP contribution in [-0.4, -0.2) is 28.5 Å². The van der Waals surface area contributed by atoms with Gasteiger partial charge in [-0.2, -0.15) is 21.9 Å². The van der Waals surface area contributed by atoms with Crippen LogP contribution in [-0.2, 0) is 21.6 Å². The number of nitrogens with two attached hydrogens (primary N) is 1. The second-order valence-electron chi connectivity index (χ2n) is 9.66. The predicted molar refractivity (Wildman–Crippen MR) is 151 cm³/mol. The first-order valence-corrected chi connectivity index (χ1v) is 14.4. The minimum atomic E-state index is -0.536. The van der Waals surface area contributed by atoms with Crippen molar-refractivity contribution in [3.8, 4) is 34.7 Å². The van der Waals surface area contributed by atoms with Gasteiger partial charge >= 0.3 is 0 Å². The van der Waals surface area contributed by atoms with Gasteiger partial charge in [-0.3, -0.25) is 0 Å². The minimum absolute atomic E-state index is 0.0596. The van der Waals surface area contributed by atoms with Gasteiger partial charge in [0.05, 0.1) is 24.0 Å². The lowest BCUT2D eigenvalue weighted by Crippen LogP contribution is -2.21. The quantitative estimate of drug-likeness (QED) is 0.242. The minimum Gasteiger partial charge on any atom is -0.441 e. The van der Waals surface area contributed by atoms with Crippen LogP contribution in [0.5, 0.6) is 0 Å². The Morgan fingerprint density at radius 1 is 1.10 bits per heavy atom. The van der Waals surface area contributed by atoms with Crippen molar-refractivity contribution in [2.24, 2.45) is 0 Å². The van der Waals surface area contributed by atoms with Crippen molar-refractivity contribution in [3.63, 3.8) is 0 Å². The Hall–Kier alpha value is -3.67. The van der Waals surface area contributed by atoms with Gasteiger partial charge in [-0.25, -0.2) is 9.97 Å². The lowest BCUT2D eigenvalue weighted by molar-refractivity contribution is -0.138. The number of hydrogen-bond acceptors (Lipinski definition) is 10. The average molecular weight is 558 g/mol. The van der Waals surface area contributed by atoms with Gasteiger partial charge in [0, 0.05) is 22.3 Å². The summed E-state index contributed by atoms with van der Waals surface area (Å²) in [5.41, 5.74) is 10.8. The van der Waals surface area contributed by atoms with E-state index in [4.69, 9.17) is 19.6 Å². The number of thioether (sulfide) groups is 1. The van der Waals surface area contributed by atoms with E-state index < -0.39 is 5.79 Å². The van der Waals surface area contributed by atoms with Crippen molar-refractivity contribution in [1.29, 1.82) is 10.5 Å². The first-order chi connectivity index (χ1) is 18.8. The molecule has 1 fully saturated rings. The standard InChI is InChI=1S/C29H27N5O3S2/c1-17-24(33-27(36-17)20-10-11-38-15-20)16-39-28-23(13-31)25(22(12-30)26(32)34-28)19-7-4-18(5-8-19)6-9-21-14-35-29(2,3)37-21/h4-5,7-8,10-11,15,21H,6,9,14,16H2,1-3H3,(H2,32,34)/t21-/m0/s1. The first-order valence-electron chi connectivity index (χ1n) is 12.4. The highest BCUT2D eigenvalue weighted by atomic mass is 32.2. The van der Waals surface area contributed by atoms with Crippen LogP contribution < -0.4 is 5.73 Å². The summed E-state index contributed by atoms with van der Waals surface area (Å²) in [5, 5.41) is 24.4. The van der Waals surface area contributed by atoms with Gasteiger partial charge in [0.15, 0.2) is 5.79 Å². The summed E-state index contributed by atoms with van der Waals surface area (Å²) in [6.45, 7) is 6.29. The van der Waals surface area contributed by atoms with Gasteiger partial charge in [-0.15, -0.1) is 0 Å². The Kier molecular flexibility index (Phi) is 7.74. The highest BCUT2D eigenvalue weighted by Gasteiger charge is 2.32. The van der Waals surface area contributed by atoms with E-state index in [1.807, 2.05) is 61.9 Å². The summed E-state index contributed by atoms with van der Waals surface area (Å²) >= 11 is 2.92. The van der Waals surface area contributed by atoms with Crippen LogP contribution in [0.3, 0.4) is 0 Å². The van der Waals surface area contributed by atoms with E-state index in [-0.39, 0.29) is 17.5 Å². The number of aromatic nitrogens is 2. The number of nitriles is 2. The van der Waals surface area contributed by atoms with Crippen molar-refractivity contribution < 1.29 is 13.9 Å². The van der Waals surface area contributed by atoms with Crippen molar-refractivity contribution in [1.82, 2.24) is 9.97 Å². The number of rotatable bonds is 8. The molecule has 1 saturated heterocycles. The molecule has 39 heavy (non-hydrogen) atoms. The van der Waals surface area contributed by atoms with E-state index in [2.05, 4.69) is 22.1 Å². The van der Waals surface area contributed by atoms with Crippen LogP contribution in [0.2, 0.25) is 0 Å². The highest BCUT2D eigenvalue weighted by Crippen LogP contribution is 2.37. The molecule has 0 spiro atoms. The molecule has 1 aromatic carbocycles. The smallest absolute Gasteiger partial charge is 0.227 e. The summed E-state index contributed by atoms with van der Waals surface area (Å²) in [4.78, 5) is 9.05. The first kappa shape index (κ1) is 26.9. The topological polar surface area (TPSA) is 131 Å². The van der Waals surface area contributed by atoms with Crippen molar-refractivity contribution >= 4 is 28.9 Å². The molecule has 4 heterocycles. The number of nitrogens with zero attached hydrogens (tertiary/aromatic N) is 4. The maximum absolute atomic E-state index is 10.1. The SMILES string of the molecule is Cc1oc(-c2ccsc2)nc1CSc1nc(N)c(C#N)c(-c2ccc(CC[C@H]3COC(C)(C)O3)cc2)c1C#N. The monoisotopic (exact) mass is 557 g/mol. The molecule has 10 heteroatoms. The fourth-order valence-electron chi connectivity index (χ4n) is 4.47. The van der Waals surface area contributed by atoms with Crippen LogP contribution in [0, 0.1) is 29.6 Å². The maximum Gasteiger partial charge on any atom is 0.227 e. The van der Waals surface area contributed by atoms with Crippen LogP contribution in [0.1, 0.15) is 48.4 Å². The van der Waals surface area contributed by atoms with Crippen molar-refractivity contribution in [2.45, 2.75) is 56.3 Å². The lowest BCUT2D eigenvalue weighted by Gasteiger charge is -2.17. The van der Waals surface area contributed by atoms with Crippen molar-refractivity contribution in [2.75, 3.05) is 12.3 Å². The molecule has 1 atom stereocenters. The van der Waals surface area contributed by atoms with Crippen LogP contribution in [0.15, 0.2) is 50.5 Å². The lowest BCUT2D eigenvalue weighted by atomic mass is 9.95. The zero-order valence-electron chi connectivity index (χ0n) is 21.9. The number of thiophene rings is 1. The second kappa shape index (κ2) is 11.2. The number of anilines is 1. The Morgan fingerprint density at radius 2 is 1.87 bits per heavy atom. The van der Waals surface area contributed by atoms with Gasteiger partial charge in [0.25, 0.3) is 0 Å². The second-order valence-corrected chi connectivity index (χ2v) is 11.4. The van der Waals surface area contributed by atoms with Crippen molar-refractivity contribution in [3.05, 3.63) is 69.2 Å². The third kappa shape index (κ3) is 5.85. The molecule has 2 N–H and O–H groups in total. The normalized spacial score (nSPS) is 16.2. The zero-order valence-corrected chi connectivity index (χ0v) is 23.5. The molecule has 1 aliphatic rings. The average Bonchev–Trinajstić information content (AvgIpc) is 3.66. The largest absolute Gasteiger partial charge is 0.441 e. The van der Waals surface area contributed by atoms with E-state index in [1.165, 1.54) is 11.8 Å². The fourth-order valence-corrected chi connectivity index (χ4v) is 6.10. The fraction of sp³-hybridized carbons (Fsp3) is 0.310. The zero-order chi connectivity index (χ0) is 27.6. The molecule has 0 unspecified atom stereocenters. The molecular formula is C29H27N5O3S2. The summed E-state index contributed by atoms with van der Waals surface area (Å²) in [6.07, 6.45) is 1.73. The number of pyridine rings is 1. The molecule has 0 saturated carbocycles. The number of hydrogen-bond donors (Lipinski definition) is 1. The Morgan fingerprint density at radius 3 is 2.51 bits per heavy atom. The highest BCUT2D eigenvalue weighted by molar-refractivity contribution is 7.98. The molecule has 5 rings (SSSR count). The molecule has 3 aromatic heterocycles. The number of nitrogen functional groups attached to an aromatic ring is 1. The summed E-state index contributed by atoms with van der Waals surface area (Å²) in [7, 11) is 0. The molecule has 1 aliphatic heterocycles. The Labute approximate surface area is 235 Å². The number of aryl methyl sites for hydroxylation is 2. The maximum atomic E-state index is 10.1. The molecular weight excluding hydrogens is 530 g/mol. The number of benzene rings is 1. The predicted octanol–water partition coefficient (Wildman–Crippen LogP) is 6.48. The van der Waals surface area contributed by atoms with Crippen LogP contribution in [0.25, 0.3) is 22.6 Å². The molecule has 8 nitrogen and oxygen atoms in total. The van der Waals surface area contributed by atoms with E-state index in [1.54, 1.807) is 11.3 Å². The van der Waals surface area contributed by atoms with Gasteiger partial charge in [0.1, 0.15) is 34.3 Å². The third-order valence-electron chi connectivity index (χ3n) is 6.49. The van der Waals surface area contributed by atoms with Gasteiger partial charge in [-0.1, -0.05) is 36.0 Å². The molecule has 0 aliphatic carbocycles. The summed E-state index contributed by atoms with van der Waals surface area (Å²) in [6, 6.07) is 14.2. The number of oxazole rings is 1. The summed E-state index contributed by atoms with van der Waals surface area (Å²) in [5.74, 6) is 1.27.